The Bertz CT molecular complexity index is 1080. The van der Waals surface area contributed by atoms with E-state index in [0.29, 0.717) is 33.6 Å². The van der Waals surface area contributed by atoms with Gasteiger partial charge in [-0.05, 0) is 66.7 Å². The summed E-state index contributed by atoms with van der Waals surface area (Å²) in [4.78, 5) is 24.1. The van der Waals surface area contributed by atoms with Crippen LogP contribution in [0.25, 0.3) is 0 Å². The van der Waals surface area contributed by atoms with Crippen molar-refractivity contribution >= 4 is 28.9 Å². The van der Waals surface area contributed by atoms with Crippen molar-refractivity contribution < 1.29 is 14.0 Å². The van der Waals surface area contributed by atoms with E-state index >= 15 is 0 Å². The summed E-state index contributed by atoms with van der Waals surface area (Å²) in [6.45, 7) is 0. The smallest absolute Gasteiger partial charge is 0.255 e. The Hall–Kier alpha value is -4.00. The summed E-state index contributed by atoms with van der Waals surface area (Å²) < 4.78 is 13.1. The molecule has 3 rings (SSSR count). The summed E-state index contributed by atoms with van der Waals surface area (Å²) in [5.41, 5.74) is 8.70. The van der Waals surface area contributed by atoms with Crippen LogP contribution in [0.4, 0.5) is 15.8 Å². The molecule has 2 amide bonds. The first-order valence-electron chi connectivity index (χ1n) is 8.77. The molecule has 0 radical (unpaired) electrons. The molecule has 6 nitrogen and oxygen atoms in total. The average molecular weight is 390 g/mol. The second-order valence-electron chi connectivity index (χ2n) is 6.29. The molecule has 3 aromatic carbocycles. The fraction of sp³-hybridized carbons (Fsp3) is 0.0455. The number of carbonyl (C=O) groups is 2. The number of benzene rings is 3. The third kappa shape index (κ3) is 4.47. The van der Waals surface area contributed by atoms with E-state index in [1.54, 1.807) is 42.5 Å². The number of hydrogen-bond acceptors (Lipinski definition) is 4. The van der Waals surface area contributed by atoms with Gasteiger partial charge in [0.15, 0.2) is 0 Å². The van der Waals surface area contributed by atoms with Crippen LogP contribution in [-0.2, 0) is 0 Å². The molecule has 5 N–H and O–H groups in total. The molecule has 0 spiro atoms. The highest BCUT2D eigenvalue weighted by Crippen LogP contribution is 2.22. The monoisotopic (exact) mass is 390 g/mol. The van der Waals surface area contributed by atoms with Crippen LogP contribution in [0.1, 0.15) is 31.8 Å². The molecular weight excluding hydrogens is 371 g/mol. The molecule has 146 valence electrons. The van der Waals surface area contributed by atoms with Gasteiger partial charge in [-0.15, -0.1) is 0 Å². The van der Waals surface area contributed by atoms with Gasteiger partial charge in [0.1, 0.15) is 5.82 Å². The number of nitrogens with one attached hydrogen (secondary N) is 3. The van der Waals surface area contributed by atoms with Gasteiger partial charge in [-0.3, -0.25) is 15.0 Å². The molecule has 0 aliphatic carbocycles. The Morgan fingerprint density at radius 1 is 0.862 bits per heavy atom. The third-order valence-corrected chi connectivity index (χ3v) is 4.35. The number of nitrogen functional groups attached to an aromatic ring is 1. The van der Waals surface area contributed by atoms with Crippen LogP contribution in [0.3, 0.4) is 0 Å². The summed E-state index contributed by atoms with van der Waals surface area (Å²) >= 11 is 0. The summed E-state index contributed by atoms with van der Waals surface area (Å²) in [6, 6.07) is 16.6. The first-order valence-corrected chi connectivity index (χ1v) is 8.77. The number of carbonyl (C=O) groups excluding carboxylic acids is 2. The van der Waals surface area contributed by atoms with Gasteiger partial charge in [-0.25, -0.2) is 4.39 Å². The number of amides is 2. The molecule has 0 saturated carbocycles. The molecule has 0 unspecified atom stereocenters. The second kappa shape index (κ2) is 8.35. The van der Waals surface area contributed by atoms with Gasteiger partial charge in [0.2, 0.25) is 0 Å². The van der Waals surface area contributed by atoms with Gasteiger partial charge < -0.3 is 16.4 Å². The lowest BCUT2D eigenvalue weighted by Gasteiger charge is -2.12. The number of halogens is 1. The van der Waals surface area contributed by atoms with E-state index in [4.69, 9.17) is 11.1 Å². The van der Waals surface area contributed by atoms with Gasteiger partial charge >= 0.3 is 0 Å². The van der Waals surface area contributed by atoms with Crippen LogP contribution < -0.4 is 16.4 Å². The molecule has 29 heavy (non-hydrogen) atoms. The quantitative estimate of drug-likeness (QED) is 0.396. The maximum absolute atomic E-state index is 13.1. The molecule has 0 aliphatic rings. The Kier molecular flexibility index (Phi) is 5.69. The fourth-order valence-corrected chi connectivity index (χ4v) is 2.74. The number of nitrogens with two attached hydrogens (primary N) is 1. The highest BCUT2D eigenvalue weighted by molar-refractivity contribution is 6.15. The van der Waals surface area contributed by atoms with E-state index in [-0.39, 0.29) is 17.5 Å². The Morgan fingerprint density at radius 3 is 2.00 bits per heavy atom. The molecule has 0 atom stereocenters. The molecule has 0 aromatic heterocycles. The van der Waals surface area contributed by atoms with Crippen LogP contribution >= 0.6 is 0 Å². The van der Waals surface area contributed by atoms with E-state index in [1.807, 2.05) is 0 Å². The van der Waals surface area contributed by atoms with Gasteiger partial charge in [0, 0.05) is 40.7 Å². The fourth-order valence-electron chi connectivity index (χ4n) is 2.74. The SMILES string of the molecule is CNC(=O)c1ccc(C(=O)Nc2ccc(N)c(C(=N)c3ccc(F)cc3)c2)cc1. The van der Waals surface area contributed by atoms with Crippen molar-refractivity contribution in [3.63, 3.8) is 0 Å². The van der Waals surface area contributed by atoms with Crippen molar-refractivity contribution in [2.45, 2.75) is 0 Å². The third-order valence-electron chi connectivity index (χ3n) is 4.35. The first-order chi connectivity index (χ1) is 13.9. The minimum atomic E-state index is -0.391. The lowest BCUT2D eigenvalue weighted by Crippen LogP contribution is -2.18. The van der Waals surface area contributed by atoms with Crippen LogP contribution in [0.15, 0.2) is 66.7 Å². The predicted octanol–water partition coefficient (Wildman–Crippen LogP) is 3.44. The van der Waals surface area contributed by atoms with Crippen LogP contribution in [0, 0.1) is 11.2 Å². The van der Waals surface area contributed by atoms with E-state index < -0.39 is 5.82 Å². The summed E-state index contributed by atoms with van der Waals surface area (Å²) in [5, 5.41) is 13.6. The summed E-state index contributed by atoms with van der Waals surface area (Å²) in [5.74, 6) is -0.991. The first kappa shape index (κ1) is 19.8. The Balaban J connectivity index is 1.80. The van der Waals surface area contributed by atoms with E-state index in [2.05, 4.69) is 10.6 Å². The lowest BCUT2D eigenvalue weighted by molar-refractivity contribution is 0.0961. The molecule has 7 heteroatoms. The van der Waals surface area contributed by atoms with Crippen molar-refractivity contribution in [3.05, 3.63) is 94.8 Å². The maximum Gasteiger partial charge on any atom is 0.255 e. The zero-order chi connectivity index (χ0) is 21.0. The minimum Gasteiger partial charge on any atom is -0.398 e. The second-order valence-corrected chi connectivity index (χ2v) is 6.29. The molecule has 3 aromatic rings. The van der Waals surface area contributed by atoms with Gasteiger partial charge in [0.25, 0.3) is 11.8 Å². The Morgan fingerprint density at radius 2 is 1.41 bits per heavy atom. The van der Waals surface area contributed by atoms with E-state index in [1.165, 1.54) is 31.3 Å². The van der Waals surface area contributed by atoms with Crippen LogP contribution in [-0.4, -0.2) is 24.6 Å². The van der Waals surface area contributed by atoms with Crippen molar-refractivity contribution in [1.29, 1.82) is 5.41 Å². The lowest BCUT2D eigenvalue weighted by atomic mass is 10.00. The predicted molar refractivity (Wildman–Crippen MR) is 111 cm³/mol. The topological polar surface area (TPSA) is 108 Å². The summed E-state index contributed by atoms with van der Waals surface area (Å²) in [7, 11) is 1.53. The highest BCUT2D eigenvalue weighted by Gasteiger charge is 2.13. The molecular formula is C22H19FN4O2. The number of hydrogen-bond donors (Lipinski definition) is 4. The van der Waals surface area contributed by atoms with Crippen molar-refractivity contribution in [3.8, 4) is 0 Å². The van der Waals surface area contributed by atoms with E-state index in [9.17, 15) is 14.0 Å². The molecule has 0 saturated heterocycles. The summed E-state index contributed by atoms with van der Waals surface area (Å²) in [6.07, 6.45) is 0. The number of rotatable bonds is 5. The van der Waals surface area contributed by atoms with Gasteiger partial charge in [0.05, 0.1) is 5.71 Å². The standard InChI is InChI=1S/C22H19FN4O2/c1-26-21(28)14-2-4-15(5-3-14)22(29)27-17-10-11-19(24)18(12-17)20(25)13-6-8-16(23)9-7-13/h2-12,25H,24H2,1H3,(H,26,28)(H,27,29). The molecule has 0 aliphatic heterocycles. The zero-order valence-corrected chi connectivity index (χ0v) is 15.6. The van der Waals surface area contributed by atoms with Crippen molar-refractivity contribution in [1.82, 2.24) is 5.32 Å². The largest absolute Gasteiger partial charge is 0.398 e. The molecule has 0 fully saturated rings. The zero-order valence-electron chi connectivity index (χ0n) is 15.6. The van der Waals surface area contributed by atoms with Crippen LogP contribution in [0.5, 0.6) is 0 Å². The average Bonchev–Trinajstić information content (AvgIpc) is 2.74. The highest BCUT2D eigenvalue weighted by atomic mass is 19.1. The molecule has 0 bridgehead atoms. The molecule has 0 heterocycles. The van der Waals surface area contributed by atoms with Crippen molar-refractivity contribution in [2.24, 2.45) is 0 Å². The van der Waals surface area contributed by atoms with Gasteiger partial charge in [-0.2, -0.15) is 0 Å². The normalized spacial score (nSPS) is 10.3. The Labute approximate surface area is 167 Å². The van der Waals surface area contributed by atoms with Crippen LogP contribution in [0.2, 0.25) is 0 Å². The van der Waals surface area contributed by atoms with Gasteiger partial charge in [-0.1, -0.05) is 0 Å². The minimum absolute atomic E-state index is 0.119. The van der Waals surface area contributed by atoms with E-state index in [0.717, 1.165) is 0 Å². The van der Waals surface area contributed by atoms with Crippen molar-refractivity contribution in [2.75, 3.05) is 18.1 Å². The number of anilines is 2. The maximum atomic E-state index is 13.1.